The first-order chi connectivity index (χ1) is 11.0. The highest BCUT2D eigenvalue weighted by Gasteiger charge is 2.35. The predicted octanol–water partition coefficient (Wildman–Crippen LogP) is 1.64. The van der Waals surface area contributed by atoms with Crippen LogP contribution in [-0.4, -0.2) is 55.8 Å². The van der Waals surface area contributed by atoms with E-state index in [-0.39, 0.29) is 12.5 Å². The van der Waals surface area contributed by atoms with Crippen molar-refractivity contribution in [2.75, 3.05) is 38.7 Å². The second-order valence-corrected chi connectivity index (χ2v) is 5.84. The van der Waals surface area contributed by atoms with Crippen LogP contribution in [0.15, 0.2) is 12.1 Å². The number of carbonyl (C=O) groups is 1. The molecule has 23 heavy (non-hydrogen) atoms. The molecule has 1 unspecified atom stereocenters. The van der Waals surface area contributed by atoms with Crippen LogP contribution in [0.5, 0.6) is 11.5 Å². The molecule has 0 saturated heterocycles. The molecule has 0 saturated carbocycles. The van der Waals surface area contributed by atoms with E-state index in [1.807, 2.05) is 32.8 Å². The maximum Gasteiger partial charge on any atom is 0.268 e. The summed E-state index contributed by atoms with van der Waals surface area (Å²) >= 11 is 0. The minimum atomic E-state index is -0.496. The van der Waals surface area contributed by atoms with Gasteiger partial charge in [0.05, 0.1) is 18.9 Å². The Labute approximate surface area is 137 Å². The number of anilines is 1. The molecule has 1 aromatic rings. The molecule has 0 fully saturated rings. The van der Waals surface area contributed by atoms with Gasteiger partial charge in [-0.3, -0.25) is 4.79 Å². The number of benzene rings is 1. The standard InChI is InChI=1S/C17H26N2O4/c1-5-14-17(21)19(8-7-18(3)4)13-9-12(11-20)10-15(22-6-2)16(13)23-14/h9-10,14,20H,5-8,11H2,1-4H3. The molecule has 1 atom stereocenters. The second kappa shape index (κ2) is 7.66. The first kappa shape index (κ1) is 17.6. The third-order valence-electron chi connectivity index (χ3n) is 3.81. The van der Waals surface area contributed by atoms with Gasteiger partial charge in [-0.05, 0) is 45.1 Å². The molecule has 1 heterocycles. The number of aliphatic hydroxyl groups is 1. The van der Waals surface area contributed by atoms with E-state index in [4.69, 9.17) is 9.47 Å². The van der Waals surface area contributed by atoms with Crippen molar-refractivity contribution in [3.05, 3.63) is 17.7 Å². The van der Waals surface area contributed by atoms with Crippen LogP contribution >= 0.6 is 0 Å². The van der Waals surface area contributed by atoms with Gasteiger partial charge in [-0.2, -0.15) is 0 Å². The summed E-state index contributed by atoms with van der Waals surface area (Å²) in [7, 11) is 3.94. The highest BCUT2D eigenvalue weighted by molar-refractivity contribution is 6.00. The SMILES string of the molecule is CCOc1cc(CO)cc2c1OC(CC)C(=O)N2CCN(C)C. The van der Waals surface area contributed by atoms with Crippen LogP contribution in [0, 0.1) is 0 Å². The van der Waals surface area contributed by atoms with Gasteiger partial charge >= 0.3 is 0 Å². The molecule has 1 aliphatic heterocycles. The Kier molecular flexibility index (Phi) is 5.85. The van der Waals surface area contributed by atoms with Crippen molar-refractivity contribution in [3.63, 3.8) is 0 Å². The Bertz CT molecular complexity index is 560. The molecular formula is C17H26N2O4. The quantitative estimate of drug-likeness (QED) is 0.827. The van der Waals surface area contributed by atoms with Crippen LogP contribution in [-0.2, 0) is 11.4 Å². The molecule has 128 valence electrons. The lowest BCUT2D eigenvalue weighted by Crippen LogP contribution is -2.48. The normalized spacial score (nSPS) is 17.2. The summed E-state index contributed by atoms with van der Waals surface area (Å²) in [6, 6.07) is 3.58. The molecule has 0 spiro atoms. The van der Waals surface area contributed by atoms with E-state index in [9.17, 15) is 9.90 Å². The fourth-order valence-corrected chi connectivity index (χ4v) is 2.59. The summed E-state index contributed by atoms with van der Waals surface area (Å²) in [5.41, 5.74) is 1.38. The van der Waals surface area contributed by atoms with Crippen LogP contribution in [0.3, 0.4) is 0 Å². The van der Waals surface area contributed by atoms with Crippen LogP contribution < -0.4 is 14.4 Å². The number of ether oxygens (including phenoxy) is 2. The summed E-state index contributed by atoms with van der Waals surface area (Å²) in [6.07, 6.45) is 0.105. The Morgan fingerprint density at radius 2 is 2.09 bits per heavy atom. The molecule has 6 heteroatoms. The summed E-state index contributed by atoms with van der Waals surface area (Å²) < 4.78 is 11.6. The van der Waals surface area contributed by atoms with Gasteiger partial charge in [0, 0.05) is 13.1 Å². The topological polar surface area (TPSA) is 62.2 Å². The predicted molar refractivity (Wildman–Crippen MR) is 89.1 cm³/mol. The molecule has 0 radical (unpaired) electrons. The fourth-order valence-electron chi connectivity index (χ4n) is 2.59. The zero-order chi connectivity index (χ0) is 17.0. The van der Waals surface area contributed by atoms with Gasteiger partial charge in [-0.1, -0.05) is 6.92 Å². The van der Waals surface area contributed by atoms with Crippen LogP contribution in [0.2, 0.25) is 0 Å². The molecule has 1 aromatic carbocycles. The molecule has 1 aliphatic rings. The summed E-state index contributed by atoms with van der Waals surface area (Å²) in [5.74, 6) is 1.13. The van der Waals surface area contributed by atoms with Gasteiger partial charge in [-0.15, -0.1) is 0 Å². The Hall–Kier alpha value is -1.79. The van der Waals surface area contributed by atoms with Crippen molar-refractivity contribution >= 4 is 11.6 Å². The van der Waals surface area contributed by atoms with E-state index in [0.29, 0.717) is 42.3 Å². The average molecular weight is 322 g/mol. The smallest absolute Gasteiger partial charge is 0.268 e. The number of carbonyl (C=O) groups excluding carboxylic acids is 1. The van der Waals surface area contributed by atoms with E-state index in [2.05, 4.69) is 0 Å². The van der Waals surface area contributed by atoms with Crippen LogP contribution in [0.4, 0.5) is 5.69 Å². The monoisotopic (exact) mass is 322 g/mol. The summed E-state index contributed by atoms with van der Waals surface area (Å²) in [6.45, 7) is 5.52. The van der Waals surface area contributed by atoms with Crippen molar-refractivity contribution in [3.8, 4) is 11.5 Å². The van der Waals surface area contributed by atoms with E-state index in [1.165, 1.54) is 0 Å². The van der Waals surface area contributed by atoms with Gasteiger partial charge in [0.1, 0.15) is 0 Å². The summed E-state index contributed by atoms with van der Waals surface area (Å²) in [4.78, 5) is 16.5. The number of hydrogen-bond donors (Lipinski definition) is 1. The lowest BCUT2D eigenvalue weighted by Gasteiger charge is -2.35. The molecule has 2 rings (SSSR count). The van der Waals surface area contributed by atoms with Gasteiger partial charge < -0.3 is 24.4 Å². The minimum absolute atomic E-state index is 0.0422. The van der Waals surface area contributed by atoms with Gasteiger partial charge in [0.25, 0.3) is 5.91 Å². The Balaban J connectivity index is 2.48. The maximum absolute atomic E-state index is 12.7. The van der Waals surface area contributed by atoms with Crippen molar-refractivity contribution < 1.29 is 19.4 Å². The first-order valence-corrected chi connectivity index (χ1v) is 8.05. The first-order valence-electron chi connectivity index (χ1n) is 8.05. The second-order valence-electron chi connectivity index (χ2n) is 5.84. The molecule has 0 aliphatic carbocycles. The van der Waals surface area contributed by atoms with E-state index < -0.39 is 6.10 Å². The Morgan fingerprint density at radius 1 is 1.35 bits per heavy atom. The van der Waals surface area contributed by atoms with Crippen molar-refractivity contribution in [2.45, 2.75) is 33.0 Å². The zero-order valence-corrected chi connectivity index (χ0v) is 14.3. The third-order valence-corrected chi connectivity index (χ3v) is 3.81. The van der Waals surface area contributed by atoms with Crippen molar-refractivity contribution in [1.82, 2.24) is 4.90 Å². The zero-order valence-electron chi connectivity index (χ0n) is 14.3. The summed E-state index contributed by atoms with van der Waals surface area (Å²) in [5, 5.41) is 9.49. The van der Waals surface area contributed by atoms with Crippen LogP contribution in [0.1, 0.15) is 25.8 Å². The number of hydrogen-bond acceptors (Lipinski definition) is 5. The number of rotatable bonds is 7. The molecule has 1 amide bonds. The van der Waals surface area contributed by atoms with E-state index in [0.717, 1.165) is 6.54 Å². The number of amides is 1. The molecule has 0 bridgehead atoms. The largest absolute Gasteiger partial charge is 0.490 e. The number of fused-ring (bicyclic) bond motifs is 1. The molecule has 6 nitrogen and oxygen atoms in total. The van der Waals surface area contributed by atoms with Crippen LogP contribution in [0.25, 0.3) is 0 Å². The fraction of sp³-hybridized carbons (Fsp3) is 0.588. The Morgan fingerprint density at radius 3 is 2.65 bits per heavy atom. The molecular weight excluding hydrogens is 296 g/mol. The van der Waals surface area contributed by atoms with Gasteiger partial charge in [0.15, 0.2) is 17.6 Å². The van der Waals surface area contributed by atoms with E-state index >= 15 is 0 Å². The maximum atomic E-state index is 12.7. The average Bonchev–Trinajstić information content (AvgIpc) is 2.53. The number of nitrogens with zero attached hydrogens (tertiary/aromatic N) is 2. The lowest BCUT2D eigenvalue weighted by molar-refractivity contribution is -0.126. The third kappa shape index (κ3) is 3.76. The van der Waals surface area contributed by atoms with E-state index in [1.54, 1.807) is 17.0 Å². The molecule has 0 aromatic heterocycles. The number of likely N-dealkylation sites (N-methyl/N-ethyl adjacent to an activating group) is 1. The van der Waals surface area contributed by atoms with Crippen molar-refractivity contribution in [1.29, 1.82) is 0 Å². The van der Waals surface area contributed by atoms with Crippen molar-refractivity contribution in [2.24, 2.45) is 0 Å². The highest BCUT2D eigenvalue weighted by atomic mass is 16.5. The minimum Gasteiger partial charge on any atom is -0.490 e. The highest BCUT2D eigenvalue weighted by Crippen LogP contribution is 2.43. The molecule has 1 N–H and O–H groups in total. The van der Waals surface area contributed by atoms with Gasteiger partial charge in [0.2, 0.25) is 0 Å². The van der Waals surface area contributed by atoms with Gasteiger partial charge in [-0.25, -0.2) is 0 Å². The number of aliphatic hydroxyl groups excluding tert-OH is 1. The lowest BCUT2D eigenvalue weighted by atomic mass is 10.1.